The van der Waals surface area contributed by atoms with Gasteiger partial charge in [0, 0.05) is 6.92 Å². The summed E-state index contributed by atoms with van der Waals surface area (Å²) < 4.78 is 20.3. The molecule has 0 radical (unpaired) electrons. The van der Waals surface area contributed by atoms with Gasteiger partial charge in [0.1, 0.15) is 0 Å². The van der Waals surface area contributed by atoms with E-state index in [4.69, 9.17) is 14.2 Å². The third-order valence-corrected chi connectivity index (χ3v) is 2.66. The van der Waals surface area contributed by atoms with E-state index >= 15 is 0 Å². The van der Waals surface area contributed by atoms with Crippen LogP contribution < -0.4 is 0 Å². The zero-order chi connectivity index (χ0) is 19.8. The van der Waals surface area contributed by atoms with Crippen molar-refractivity contribution in [3.63, 3.8) is 0 Å². The van der Waals surface area contributed by atoms with Crippen LogP contribution in [0.4, 0.5) is 0 Å². The molecule has 0 fully saturated rings. The Balaban J connectivity index is 5.69. The second kappa shape index (κ2) is 10.1. The van der Waals surface area contributed by atoms with Crippen LogP contribution in [0.3, 0.4) is 0 Å². The van der Waals surface area contributed by atoms with E-state index in [0.29, 0.717) is 0 Å². The second-order valence-electron chi connectivity index (χ2n) is 6.47. The molecule has 0 spiro atoms. The number of esters is 4. The number of rotatable bonds is 9. The predicted octanol–water partition coefficient (Wildman–Crippen LogP) is 1.92. The maximum atomic E-state index is 12.6. The van der Waals surface area contributed by atoms with E-state index in [1.165, 1.54) is 0 Å². The number of hydrogen-bond acceptors (Lipinski definition) is 8. The van der Waals surface area contributed by atoms with Crippen molar-refractivity contribution in [2.24, 2.45) is 0 Å². The van der Waals surface area contributed by atoms with Crippen LogP contribution in [0.2, 0.25) is 0 Å². The molecule has 0 heterocycles. The Morgan fingerprint density at radius 2 is 1.24 bits per heavy atom. The minimum atomic E-state index is -1.93. The fraction of sp³-hybridized carbons (Fsp3) is 0.765. The van der Waals surface area contributed by atoms with Crippen molar-refractivity contribution in [3.05, 3.63) is 0 Å². The summed E-state index contributed by atoms with van der Waals surface area (Å²) in [5.41, 5.74) is -1.93. The van der Waals surface area contributed by atoms with Gasteiger partial charge in [0.25, 0.3) is 0 Å². The first-order valence-electron chi connectivity index (χ1n) is 8.17. The lowest BCUT2D eigenvalue weighted by Gasteiger charge is -2.32. The van der Waals surface area contributed by atoms with Crippen molar-refractivity contribution in [1.82, 2.24) is 0 Å². The predicted molar refractivity (Wildman–Crippen MR) is 87.4 cm³/mol. The van der Waals surface area contributed by atoms with E-state index in [9.17, 15) is 19.2 Å². The van der Waals surface area contributed by atoms with E-state index in [1.54, 1.807) is 41.5 Å². The highest BCUT2D eigenvalue weighted by Gasteiger charge is 2.48. The molecule has 1 unspecified atom stereocenters. The third kappa shape index (κ3) is 9.19. The van der Waals surface area contributed by atoms with Gasteiger partial charge in [-0.25, -0.2) is 4.79 Å². The number of carbonyl (C=O) groups is 4. The van der Waals surface area contributed by atoms with Gasteiger partial charge in [0.15, 0.2) is 5.60 Å². The molecule has 0 saturated heterocycles. The normalized spacial score (nSPS) is 13.5. The average molecular weight is 360 g/mol. The summed E-state index contributed by atoms with van der Waals surface area (Å²) in [6, 6.07) is 0. The summed E-state index contributed by atoms with van der Waals surface area (Å²) >= 11 is 0. The van der Waals surface area contributed by atoms with E-state index in [2.05, 4.69) is 4.74 Å². The maximum Gasteiger partial charge on any atom is 0.339 e. The number of carbonyl (C=O) groups excluding carboxylic acids is 4. The van der Waals surface area contributed by atoms with Gasteiger partial charge in [0.2, 0.25) is 0 Å². The molecular formula is C17H28O8. The Bertz CT molecular complexity index is 495. The summed E-state index contributed by atoms with van der Waals surface area (Å²) in [4.78, 5) is 47.7. The smallest absolute Gasteiger partial charge is 0.339 e. The first-order valence-corrected chi connectivity index (χ1v) is 8.17. The van der Waals surface area contributed by atoms with E-state index in [-0.39, 0.29) is 0 Å². The molecule has 0 aromatic carbocycles. The van der Waals surface area contributed by atoms with Gasteiger partial charge in [-0.2, -0.15) is 0 Å². The van der Waals surface area contributed by atoms with Crippen molar-refractivity contribution in [2.75, 3.05) is 0 Å². The number of hydrogen-bond donors (Lipinski definition) is 0. The van der Waals surface area contributed by atoms with Gasteiger partial charge in [-0.3, -0.25) is 14.4 Å². The summed E-state index contributed by atoms with van der Waals surface area (Å²) in [7, 11) is 0. The first-order chi connectivity index (χ1) is 11.4. The molecule has 0 aromatic rings. The van der Waals surface area contributed by atoms with Crippen molar-refractivity contribution in [1.29, 1.82) is 0 Å². The summed E-state index contributed by atoms with van der Waals surface area (Å²) in [5, 5.41) is 0. The Morgan fingerprint density at radius 3 is 1.64 bits per heavy atom. The molecular weight excluding hydrogens is 332 g/mol. The minimum Gasteiger partial charge on any atom is -0.463 e. The third-order valence-electron chi connectivity index (χ3n) is 2.66. The molecule has 8 nitrogen and oxygen atoms in total. The molecule has 1 atom stereocenters. The molecule has 0 saturated carbocycles. The fourth-order valence-electron chi connectivity index (χ4n) is 2.08. The molecule has 0 N–H and O–H groups in total. The molecule has 25 heavy (non-hydrogen) atoms. The van der Waals surface area contributed by atoms with Crippen LogP contribution in [-0.4, -0.2) is 47.8 Å². The average Bonchev–Trinajstić information content (AvgIpc) is 2.33. The topological polar surface area (TPSA) is 105 Å². The molecule has 0 aromatic heterocycles. The Labute approximate surface area is 148 Å². The Morgan fingerprint density at radius 1 is 0.760 bits per heavy atom. The van der Waals surface area contributed by atoms with Crippen LogP contribution in [0.1, 0.15) is 61.3 Å². The molecule has 0 aliphatic rings. The fourth-order valence-corrected chi connectivity index (χ4v) is 2.08. The number of ether oxygens (including phenoxy) is 4. The first kappa shape index (κ1) is 23.0. The lowest BCUT2D eigenvalue weighted by molar-refractivity contribution is -0.194. The highest BCUT2D eigenvalue weighted by molar-refractivity contribution is 5.93. The summed E-state index contributed by atoms with van der Waals surface area (Å²) in [5.74, 6) is -3.44. The Hall–Kier alpha value is -1.96. The van der Waals surface area contributed by atoms with Gasteiger partial charge >= 0.3 is 23.9 Å². The van der Waals surface area contributed by atoms with Crippen LogP contribution in [0.25, 0.3) is 0 Å². The van der Waals surface area contributed by atoms with E-state index in [1.807, 2.05) is 0 Å². The zero-order valence-corrected chi connectivity index (χ0v) is 15.9. The molecule has 8 heteroatoms. The van der Waals surface area contributed by atoms with E-state index in [0.717, 1.165) is 6.92 Å². The van der Waals surface area contributed by atoms with Crippen molar-refractivity contribution >= 4 is 23.9 Å². The van der Waals surface area contributed by atoms with Crippen LogP contribution >= 0.6 is 0 Å². The molecule has 0 amide bonds. The monoisotopic (exact) mass is 360 g/mol. The van der Waals surface area contributed by atoms with Crippen LogP contribution in [0.15, 0.2) is 0 Å². The van der Waals surface area contributed by atoms with Gasteiger partial charge in [-0.05, 0) is 41.5 Å². The minimum absolute atomic E-state index is 0.408. The van der Waals surface area contributed by atoms with Gasteiger partial charge in [-0.1, -0.05) is 0 Å². The summed E-state index contributed by atoms with van der Waals surface area (Å²) in [6.07, 6.45) is -2.59. The van der Waals surface area contributed by atoms with Crippen molar-refractivity contribution in [3.8, 4) is 0 Å². The van der Waals surface area contributed by atoms with Crippen LogP contribution in [-0.2, 0) is 38.1 Å². The molecule has 0 bridgehead atoms. The molecule has 0 aliphatic carbocycles. The van der Waals surface area contributed by atoms with Gasteiger partial charge in [0.05, 0.1) is 31.2 Å². The van der Waals surface area contributed by atoms with Crippen molar-refractivity contribution in [2.45, 2.75) is 85.2 Å². The van der Waals surface area contributed by atoms with Gasteiger partial charge < -0.3 is 18.9 Å². The highest BCUT2D eigenvalue weighted by Crippen LogP contribution is 2.27. The standard InChI is InChI=1S/C17H28O8/c1-10(2)22-14(19)8-17(25-12(5)6,16(21)23-11(3)4)9-15(20)24-13(7)18/h10-12H,8-9H2,1-7H3. The van der Waals surface area contributed by atoms with Gasteiger partial charge in [-0.15, -0.1) is 0 Å². The van der Waals surface area contributed by atoms with Crippen molar-refractivity contribution < 1.29 is 38.1 Å². The summed E-state index contributed by atoms with van der Waals surface area (Å²) in [6.45, 7) is 10.9. The van der Waals surface area contributed by atoms with Crippen LogP contribution in [0, 0.1) is 0 Å². The lowest BCUT2D eigenvalue weighted by atomic mass is 9.94. The molecule has 0 rings (SSSR count). The molecule has 144 valence electrons. The lowest BCUT2D eigenvalue weighted by Crippen LogP contribution is -2.49. The Kier molecular flexibility index (Phi) is 9.33. The largest absolute Gasteiger partial charge is 0.463 e. The zero-order valence-electron chi connectivity index (χ0n) is 15.9. The highest BCUT2D eigenvalue weighted by atomic mass is 16.6. The maximum absolute atomic E-state index is 12.6. The second-order valence-corrected chi connectivity index (χ2v) is 6.47. The SMILES string of the molecule is CC(=O)OC(=O)CC(CC(=O)OC(C)C)(OC(C)C)C(=O)OC(C)C. The van der Waals surface area contributed by atoms with Crippen LogP contribution in [0.5, 0.6) is 0 Å². The van der Waals surface area contributed by atoms with E-state index < -0.39 is 60.6 Å². The quantitative estimate of drug-likeness (QED) is 0.349. The molecule has 0 aliphatic heterocycles.